The van der Waals surface area contributed by atoms with E-state index in [1.54, 1.807) is 12.1 Å². The van der Waals surface area contributed by atoms with Gasteiger partial charge >= 0.3 is 0 Å². The summed E-state index contributed by atoms with van der Waals surface area (Å²) < 4.78 is 38.3. The van der Waals surface area contributed by atoms with Gasteiger partial charge in [-0.15, -0.1) is 0 Å². The Morgan fingerprint density at radius 2 is 1.84 bits per heavy atom. The van der Waals surface area contributed by atoms with Crippen molar-refractivity contribution in [3.63, 3.8) is 0 Å². The molecule has 2 aromatic carbocycles. The van der Waals surface area contributed by atoms with Crippen LogP contribution in [0.2, 0.25) is 0 Å². The summed E-state index contributed by atoms with van der Waals surface area (Å²) in [5, 5.41) is 2.92. The number of nitrogens with zero attached hydrogens (tertiary/aromatic N) is 1. The summed E-state index contributed by atoms with van der Waals surface area (Å²) in [6, 6.07) is 14.3. The molecule has 7 nitrogen and oxygen atoms in total. The van der Waals surface area contributed by atoms with Crippen LogP contribution in [0.1, 0.15) is 31.7 Å². The van der Waals surface area contributed by atoms with Crippen LogP contribution in [0.4, 0.5) is 5.69 Å². The van der Waals surface area contributed by atoms with Crippen LogP contribution in [0, 0.1) is 5.92 Å². The molecule has 8 heteroatoms. The summed E-state index contributed by atoms with van der Waals surface area (Å²) >= 11 is 0. The second-order valence-electron chi connectivity index (χ2n) is 7.65. The molecule has 2 aromatic rings. The molecular weight excluding hydrogens is 416 g/mol. The number of benzene rings is 2. The molecule has 1 N–H and O–H groups in total. The van der Waals surface area contributed by atoms with Gasteiger partial charge in [-0.1, -0.05) is 50.6 Å². The molecule has 31 heavy (non-hydrogen) atoms. The number of morpholine rings is 1. The van der Waals surface area contributed by atoms with Crippen molar-refractivity contribution in [3.05, 3.63) is 54.1 Å². The average molecular weight is 447 g/mol. The standard InChI is InChI=1S/C23H30N2O5S/c1-4-17(2)22(18-8-6-5-7-9-18)23(26)24-19-10-11-20(29-3)21(16-19)31(27,28)25-12-14-30-15-13-25/h5-11,16-17,22H,4,12-15H2,1-3H3,(H,24,26)/t17-,22-/m1/s1. The van der Waals surface area contributed by atoms with Crippen molar-refractivity contribution in [2.24, 2.45) is 5.92 Å². The Kier molecular flexibility index (Phi) is 7.69. The van der Waals surface area contributed by atoms with E-state index in [1.807, 2.05) is 44.2 Å². The van der Waals surface area contributed by atoms with Gasteiger partial charge in [0.25, 0.3) is 0 Å². The second-order valence-corrected chi connectivity index (χ2v) is 9.55. The van der Waals surface area contributed by atoms with Gasteiger partial charge in [0.2, 0.25) is 15.9 Å². The Bertz CT molecular complexity index is 988. The molecule has 168 valence electrons. The van der Waals surface area contributed by atoms with Gasteiger partial charge in [-0.3, -0.25) is 4.79 Å². The van der Waals surface area contributed by atoms with Crippen LogP contribution in [0.15, 0.2) is 53.4 Å². The molecule has 1 heterocycles. The fraction of sp³-hybridized carbons (Fsp3) is 0.435. The predicted molar refractivity (Wildman–Crippen MR) is 120 cm³/mol. The van der Waals surface area contributed by atoms with Crippen molar-refractivity contribution < 1.29 is 22.7 Å². The number of amides is 1. The van der Waals surface area contributed by atoms with E-state index >= 15 is 0 Å². The van der Waals surface area contributed by atoms with Crippen LogP contribution in [-0.2, 0) is 19.6 Å². The molecule has 1 aliphatic rings. The normalized spacial score (nSPS) is 17.0. The van der Waals surface area contributed by atoms with Crippen molar-refractivity contribution in [1.29, 1.82) is 0 Å². The Morgan fingerprint density at radius 1 is 1.16 bits per heavy atom. The Morgan fingerprint density at radius 3 is 2.45 bits per heavy atom. The highest BCUT2D eigenvalue weighted by Gasteiger charge is 2.30. The number of hydrogen-bond acceptors (Lipinski definition) is 5. The number of methoxy groups -OCH3 is 1. The fourth-order valence-electron chi connectivity index (χ4n) is 3.74. The number of nitrogens with one attached hydrogen (secondary N) is 1. The van der Waals surface area contributed by atoms with Gasteiger partial charge in [0.15, 0.2) is 0 Å². The molecule has 0 aliphatic carbocycles. The van der Waals surface area contributed by atoms with Gasteiger partial charge in [-0.2, -0.15) is 4.31 Å². The number of ether oxygens (including phenoxy) is 2. The van der Waals surface area contributed by atoms with E-state index in [-0.39, 0.29) is 41.5 Å². The van der Waals surface area contributed by atoms with Crippen LogP contribution in [0.25, 0.3) is 0 Å². The maximum Gasteiger partial charge on any atom is 0.246 e. The molecule has 1 aliphatic heterocycles. The first-order valence-electron chi connectivity index (χ1n) is 10.5. The number of rotatable bonds is 8. The van der Waals surface area contributed by atoms with Crippen LogP contribution in [0.5, 0.6) is 5.75 Å². The molecule has 0 bridgehead atoms. The van der Waals surface area contributed by atoms with E-state index in [0.717, 1.165) is 12.0 Å². The molecule has 3 rings (SSSR count). The van der Waals surface area contributed by atoms with Gasteiger partial charge in [0.1, 0.15) is 10.6 Å². The first kappa shape index (κ1) is 23.2. The van der Waals surface area contributed by atoms with Gasteiger partial charge in [0, 0.05) is 18.8 Å². The zero-order chi connectivity index (χ0) is 22.4. The summed E-state index contributed by atoms with van der Waals surface area (Å²) in [7, 11) is -2.35. The number of anilines is 1. The van der Waals surface area contributed by atoms with Gasteiger partial charge in [0.05, 0.1) is 26.2 Å². The van der Waals surface area contributed by atoms with E-state index in [9.17, 15) is 13.2 Å². The molecule has 1 amide bonds. The van der Waals surface area contributed by atoms with Gasteiger partial charge in [-0.25, -0.2) is 8.42 Å². The number of carbonyl (C=O) groups excluding carboxylic acids is 1. The lowest BCUT2D eigenvalue weighted by atomic mass is 9.85. The molecule has 0 unspecified atom stereocenters. The SMILES string of the molecule is CC[C@@H](C)[C@@H](C(=O)Nc1ccc(OC)c(S(=O)(=O)N2CCOCC2)c1)c1ccccc1. The van der Waals surface area contributed by atoms with Gasteiger partial charge in [-0.05, 0) is 29.7 Å². The third-order valence-corrected chi connectivity index (χ3v) is 7.59. The smallest absolute Gasteiger partial charge is 0.246 e. The minimum absolute atomic E-state index is 0.0366. The van der Waals surface area contributed by atoms with E-state index in [0.29, 0.717) is 18.9 Å². The largest absolute Gasteiger partial charge is 0.495 e. The van der Waals surface area contributed by atoms with Crippen LogP contribution >= 0.6 is 0 Å². The molecule has 0 aromatic heterocycles. The fourth-order valence-corrected chi connectivity index (χ4v) is 5.33. The minimum atomic E-state index is -3.78. The molecule has 1 saturated heterocycles. The average Bonchev–Trinajstić information content (AvgIpc) is 2.80. The third kappa shape index (κ3) is 5.26. The van der Waals surface area contributed by atoms with Crippen LogP contribution < -0.4 is 10.1 Å². The number of hydrogen-bond donors (Lipinski definition) is 1. The molecule has 0 saturated carbocycles. The maximum absolute atomic E-state index is 13.2. The molecule has 1 fully saturated rings. The highest BCUT2D eigenvalue weighted by Crippen LogP contribution is 2.32. The molecule has 0 spiro atoms. The monoisotopic (exact) mass is 446 g/mol. The Balaban J connectivity index is 1.91. The summed E-state index contributed by atoms with van der Waals surface area (Å²) in [6.45, 7) is 5.36. The lowest BCUT2D eigenvalue weighted by molar-refractivity contribution is -0.118. The van der Waals surface area contributed by atoms with Crippen molar-refractivity contribution in [2.75, 3.05) is 38.7 Å². The topological polar surface area (TPSA) is 84.9 Å². The summed E-state index contributed by atoms with van der Waals surface area (Å²) in [6.07, 6.45) is 0.840. The van der Waals surface area contributed by atoms with E-state index in [4.69, 9.17) is 9.47 Å². The molecule has 0 radical (unpaired) electrons. The lowest BCUT2D eigenvalue weighted by Gasteiger charge is -2.27. The molecular formula is C23H30N2O5S. The highest BCUT2D eigenvalue weighted by molar-refractivity contribution is 7.89. The van der Waals surface area contributed by atoms with Crippen molar-refractivity contribution in [2.45, 2.75) is 31.1 Å². The van der Waals surface area contributed by atoms with E-state index in [1.165, 1.54) is 17.5 Å². The quantitative estimate of drug-likeness (QED) is 0.671. The Labute approximate surface area is 184 Å². The van der Waals surface area contributed by atoms with Crippen molar-refractivity contribution >= 4 is 21.6 Å². The van der Waals surface area contributed by atoms with Crippen molar-refractivity contribution in [1.82, 2.24) is 4.31 Å². The zero-order valence-corrected chi connectivity index (χ0v) is 19.0. The lowest BCUT2D eigenvalue weighted by Crippen LogP contribution is -2.40. The predicted octanol–water partition coefficient (Wildman–Crippen LogP) is 3.48. The number of carbonyl (C=O) groups is 1. The highest BCUT2D eigenvalue weighted by atomic mass is 32.2. The summed E-state index contributed by atoms with van der Waals surface area (Å²) in [5.74, 6) is -0.142. The first-order chi connectivity index (χ1) is 14.9. The summed E-state index contributed by atoms with van der Waals surface area (Å²) in [5.41, 5.74) is 1.35. The Hall–Kier alpha value is -2.42. The maximum atomic E-state index is 13.2. The first-order valence-corrected chi connectivity index (χ1v) is 11.9. The van der Waals surface area contributed by atoms with E-state index in [2.05, 4.69) is 5.32 Å². The zero-order valence-electron chi connectivity index (χ0n) is 18.2. The molecule has 2 atom stereocenters. The third-order valence-electron chi connectivity index (χ3n) is 5.67. The summed E-state index contributed by atoms with van der Waals surface area (Å²) in [4.78, 5) is 13.2. The van der Waals surface area contributed by atoms with E-state index < -0.39 is 10.0 Å². The number of sulfonamides is 1. The van der Waals surface area contributed by atoms with Crippen molar-refractivity contribution in [3.8, 4) is 5.75 Å². The van der Waals surface area contributed by atoms with Gasteiger partial charge < -0.3 is 14.8 Å². The second kappa shape index (κ2) is 10.3. The van der Waals surface area contributed by atoms with Crippen LogP contribution in [-0.4, -0.2) is 52.0 Å². The minimum Gasteiger partial charge on any atom is -0.495 e. The van der Waals surface area contributed by atoms with Crippen LogP contribution in [0.3, 0.4) is 0 Å².